The molecule has 0 bridgehead atoms. The first kappa shape index (κ1) is 12.2. The van der Waals surface area contributed by atoms with Gasteiger partial charge < -0.3 is 5.32 Å². The number of amides is 1. The van der Waals surface area contributed by atoms with E-state index in [1.807, 2.05) is 44.2 Å². The Balaban J connectivity index is 2.06. The third-order valence-corrected chi connectivity index (χ3v) is 2.66. The van der Waals surface area contributed by atoms with Gasteiger partial charge in [-0.1, -0.05) is 30.3 Å². The number of nitrogens with zero attached hydrogens (tertiary/aromatic N) is 2. The van der Waals surface area contributed by atoms with Crippen molar-refractivity contribution in [1.82, 2.24) is 15.3 Å². The van der Waals surface area contributed by atoms with Gasteiger partial charge in [0.25, 0.3) is 5.91 Å². The summed E-state index contributed by atoms with van der Waals surface area (Å²) in [5.74, 6) is -0.209. The Labute approximate surface area is 106 Å². The number of rotatable bonds is 3. The van der Waals surface area contributed by atoms with Gasteiger partial charge in [-0.2, -0.15) is 0 Å². The molecule has 0 saturated heterocycles. The molecule has 1 N–H and O–H groups in total. The van der Waals surface area contributed by atoms with Crippen molar-refractivity contribution >= 4 is 5.91 Å². The molecule has 0 radical (unpaired) electrons. The van der Waals surface area contributed by atoms with Gasteiger partial charge in [-0.15, -0.1) is 0 Å². The van der Waals surface area contributed by atoms with Gasteiger partial charge in [0, 0.05) is 6.20 Å². The standard InChI is InChI=1S/C14H15N3O/c1-10-8-16-13(9-15-10)14(18)17-11(2)12-6-4-3-5-7-12/h3-9,11H,1-2H3,(H,17,18)/t11-/m1/s1. The molecule has 0 aliphatic heterocycles. The zero-order chi connectivity index (χ0) is 13.0. The summed E-state index contributed by atoms with van der Waals surface area (Å²) in [6.45, 7) is 3.77. The van der Waals surface area contributed by atoms with Gasteiger partial charge in [0.1, 0.15) is 5.69 Å². The predicted octanol–water partition coefficient (Wildman–Crippen LogP) is 2.28. The minimum atomic E-state index is -0.209. The molecule has 0 unspecified atom stereocenters. The highest BCUT2D eigenvalue weighted by molar-refractivity contribution is 5.92. The lowest BCUT2D eigenvalue weighted by molar-refractivity contribution is 0.0934. The zero-order valence-electron chi connectivity index (χ0n) is 10.4. The predicted molar refractivity (Wildman–Crippen MR) is 69.1 cm³/mol. The average Bonchev–Trinajstić information content (AvgIpc) is 2.40. The van der Waals surface area contributed by atoms with Crippen LogP contribution in [0, 0.1) is 6.92 Å². The maximum absolute atomic E-state index is 11.9. The highest BCUT2D eigenvalue weighted by Gasteiger charge is 2.12. The molecule has 2 aromatic rings. The van der Waals surface area contributed by atoms with Crippen LogP contribution in [-0.4, -0.2) is 15.9 Å². The molecule has 0 aliphatic carbocycles. The summed E-state index contributed by atoms with van der Waals surface area (Å²) in [5, 5.41) is 2.89. The summed E-state index contributed by atoms with van der Waals surface area (Å²) >= 11 is 0. The molecule has 0 aliphatic rings. The summed E-state index contributed by atoms with van der Waals surface area (Å²) in [5.41, 5.74) is 2.19. The van der Waals surface area contributed by atoms with E-state index < -0.39 is 0 Å². The fraction of sp³-hybridized carbons (Fsp3) is 0.214. The molecule has 0 fully saturated rings. The Kier molecular flexibility index (Phi) is 3.67. The van der Waals surface area contributed by atoms with Crippen molar-refractivity contribution in [2.24, 2.45) is 0 Å². The van der Waals surface area contributed by atoms with E-state index >= 15 is 0 Å². The monoisotopic (exact) mass is 241 g/mol. The Bertz CT molecular complexity index is 522. The minimum Gasteiger partial charge on any atom is -0.344 e. The van der Waals surface area contributed by atoms with Crippen molar-refractivity contribution in [3.05, 3.63) is 59.7 Å². The highest BCUT2D eigenvalue weighted by Crippen LogP contribution is 2.11. The number of benzene rings is 1. The second-order valence-electron chi connectivity index (χ2n) is 4.15. The number of carbonyl (C=O) groups excluding carboxylic acids is 1. The normalized spacial score (nSPS) is 11.9. The fourth-order valence-corrected chi connectivity index (χ4v) is 1.61. The summed E-state index contributed by atoms with van der Waals surface area (Å²) in [6.07, 6.45) is 3.07. The Morgan fingerprint density at radius 2 is 1.89 bits per heavy atom. The van der Waals surface area contributed by atoms with Gasteiger partial charge in [-0.25, -0.2) is 4.98 Å². The van der Waals surface area contributed by atoms with E-state index in [2.05, 4.69) is 15.3 Å². The zero-order valence-corrected chi connectivity index (χ0v) is 10.4. The van der Waals surface area contributed by atoms with Gasteiger partial charge in [0.15, 0.2) is 0 Å². The van der Waals surface area contributed by atoms with Crippen LogP contribution in [0.3, 0.4) is 0 Å². The maximum Gasteiger partial charge on any atom is 0.271 e. The van der Waals surface area contributed by atoms with E-state index in [0.29, 0.717) is 5.69 Å². The third kappa shape index (κ3) is 2.91. The molecule has 0 saturated carbocycles. The number of nitrogens with one attached hydrogen (secondary N) is 1. The first-order valence-corrected chi connectivity index (χ1v) is 5.81. The Morgan fingerprint density at radius 3 is 2.50 bits per heavy atom. The van der Waals surface area contributed by atoms with Crippen LogP contribution in [0.2, 0.25) is 0 Å². The summed E-state index contributed by atoms with van der Waals surface area (Å²) in [6, 6.07) is 9.75. The number of hydrogen-bond donors (Lipinski definition) is 1. The molecule has 92 valence electrons. The summed E-state index contributed by atoms with van der Waals surface area (Å²) in [7, 11) is 0. The van der Waals surface area contributed by atoms with Crippen molar-refractivity contribution < 1.29 is 4.79 Å². The number of aryl methyl sites for hydroxylation is 1. The van der Waals surface area contributed by atoms with Crippen LogP contribution in [0.5, 0.6) is 0 Å². The van der Waals surface area contributed by atoms with E-state index in [1.54, 1.807) is 6.20 Å². The largest absolute Gasteiger partial charge is 0.344 e. The molecule has 2 rings (SSSR count). The van der Waals surface area contributed by atoms with Crippen LogP contribution in [0.4, 0.5) is 0 Å². The van der Waals surface area contributed by atoms with E-state index in [-0.39, 0.29) is 11.9 Å². The van der Waals surface area contributed by atoms with Crippen LogP contribution < -0.4 is 5.32 Å². The second kappa shape index (κ2) is 5.40. The van der Waals surface area contributed by atoms with Crippen LogP contribution in [-0.2, 0) is 0 Å². The van der Waals surface area contributed by atoms with E-state index in [1.165, 1.54) is 6.20 Å². The third-order valence-electron chi connectivity index (χ3n) is 2.66. The number of aromatic nitrogens is 2. The molecule has 4 nitrogen and oxygen atoms in total. The Hall–Kier alpha value is -2.23. The molecule has 1 aromatic carbocycles. The minimum absolute atomic E-state index is 0.0539. The smallest absolute Gasteiger partial charge is 0.271 e. The highest BCUT2D eigenvalue weighted by atomic mass is 16.1. The SMILES string of the molecule is Cc1cnc(C(=O)N[C@H](C)c2ccccc2)cn1. The molecule has 1 aromatic heterocycles. The first-order valence-electron chi connectivity index (χ1n) is 5.81. The van der Waals surface area contributed by atoms with Gasteiger partial charge in [0.2, 0.25) is 0 Å². The molecule has 1 atom stereocenters. The molecular formula is C14H15N3O. The first-order chi connectivity index (χ1) is 8.66. The topological polar surface area (TPSA) is 54.9 Å². The van der Waals surface area contributed by atoms with Gasteiger partial charge in [0.05, 0.1) is 17.9 Å². The summed E-state index contributed by atoms with van der Waals surface area (Å²) in [4.78, 5) is 20.0. The lowest BCUT2D eigenvalue weighted by Crippen LogP contribution is -2.27. The molecule has 0 spiro atoms. The molecular weight excluding hydrogens is 226 g/mol. The fourth-order valence-electron chi connectivity index (χ4n) is 1.61. The van der Waals surface area contributed by atoms with Crippen LogP contribution >= 0.6 is 0 Å². The number of hydrogen-bond acceptors (Lipinski definition) is 3. The quantitative estimate of drug-likeness (QED) is 0.896. The molecule has 1 amide bonds. The van der Waals surface area contributed by atoms with Crippen LogP contribution in [0.15, 0.2) is 42.7 Å². The van der Waals surface area contributed by atoms with Crippen LogP contribution in [0.25, 0.3) is 0 Å². The van der Waals surface area contributed by atoms with Crippen molar-refractivity contribution in [2.75, 3.05) is 0 Å². The maximum atomic E-state index is 11.9. The van der Waals surface area contributed by atoms with Crippen molar-refractivity contribution in [3.63, 3.8) is 0 Å². The van der Waals surface area contributed by atoms with Crippen molar-refractivity contribution in [3.8, 4) is 0 Å². The van der Waals surface area contributed by atoms with E-state index in [4.69, 9.17) is 0 Å². The van der Waals surface area contributed by atoms with E-state index in [0.717, 1.165) is 11.3 Å². The van der Waals surface area contributed by atoms with Gasteiger partial charge >= 0.3 is 0 Å². The van der Waals surface area contributed by atoms with Gasteiger partial charge in [-0.05, 0) is 19.4 Å². The second-order valence-corrected chi connectivity index (χ2v) is 4.15. The lowest BCUT2D eigenvalue weighted by Gasteiger charge is -2.13. The molecule has 1 heterocycles. The van der Waals surface area contributed by atoms with Crippen molar-refractivity contribution in [1.29, 1.82) is 0 Å². The average molecular weight is 241 g/mol. The lowest BCUT2D eigenvalue weighted by atomic mass is 10.1. The van der Waals surface area contributed by atoms with Gasteiger partial charge in [-0.3, -0.25) is 9.78 Å². The number of carbonyl (C=O) groups is 1. The molecule has 18 heavy (non-hydrogen) atoms. The van der Waals surface area contributed by atoms with E-state index in [9.17, 15) is 4.79 Å². The van der Waals surface area contributed by atoms with Crippen LogP contribution in [0.1, 0.15) is 34.7 Å². The Morgan fingerprint density at radius 1 is 1.17 bits per heavy atom. The van der Waals surface area contributed by atoms with Crippen molar-refractivity contribution in [2.45, 2.75) is 19.9 Å². The molecule has 4 heteroatoms. The summed E-state index contributed by atoms with van der Waals surface area (Å²) < 4.78 is 0.